The number of carbonyl (C=O) groups excluding carboxylic acids is 4. The zero-order valence-corrected chi connectivity index (χ0v) is 31.9. The lowest BCUT2D eigenvalue weighted by Crippen LogP contribution is -2.16. The van der Waals surface area contributed by atoms with E-state index in [0.29, 0.717) is 73.4 Å². The van der Waals surface area contributed by atoms with E-state index in [1.54, 1.807) is 19.1 Å². The Morgan fingerprint density at radius 3 is 2.19 bits per heavy atom. The van der Waals surface area contributed by atoms with E-state index >= 15 is 0 Å². The number of esters is 2. The first kappa shape index (κ1) is 38.6. The van der Waals surface area contributed by atoms with Gasteiger partial charge in [0.1, 0.15) is 0 Å². The van der Waals surface area contributed by atoms with Crippen molar-refractivity contribution >= 4 is 58.5 Å². The topological polar surface area (TPSA) is 160 Å². The monoisotopic (exact) mass is 736 g/mol. The molecule has 4 heterocycles. The normalized spacial score (nSPS) is 16.5. The first-order chi connectivity index (χ1) is 25.3. The van der Waals surface area contributed by atoms with Gasteiger partial charge in [-0.25, -0.2) is 4.99 Å². The molecule has 0 spiro atoms. The molecule has 0 fully saturated rings. The Bertz CT molecular complexity index is 2310. The van der Waals surface area contributed by atoms with E-state index in [1.807, 2.05) is 64.1 Å². The van der Waals surface area contributed by atoms with Gasteiger partial charge in [0, 0.05) is 55.9 Å². The molecule has 1 unspecified atom stereocenters. The maximum atomic E-state index is 13.0. The molecule has 3 aromatic rings. The van der Waals surface area contributed by atoms with Gasteiger partial charge in [-0.3, -0.25) is 23.4 Å². The Morgan fingerprint density at radius 1 is 0.830 bits per heavy atom. The summed E-state index contributed by atoms with van der Waals surface area (Å²) in [6, 6.07) is 7.51. The van der Waals surface area contributed by atoms with Crippen LogP contribution in [0.3, 0.4) is 0 Å². The highest BCUT2D eigenvalue weighted by molar-refractivity contribution is 7.85. The largest absolute Gasteiger partial charge is 0.469 e. The molecule has 276 valence electrons. The predicted octanol–water partition coefficient (Wildman–Crippen LogP) is 4.17. The fourth-order valence-corrected chi connectivity index (χ4v) is 7.48. The summed E-state index contributed by atoms with van der Waals surface area (Å²) in [6.45, 7) is 13.2. The molecule has 5 rings (SSSR count). The van der Waals surface area contributed by atoms with E-state index in [9.17, 15) is 23.4 Å². The zero-order valence-electron chi connectivity index (χ0n) is 31.1. The maximum Gasteiger partial charge on any atom is 0.310 e. The Morgan fingerprint density at radius 2 is 1.53 bits per heavy atom. The van der Waals surface area contributed by atoms with E-state index in [4.69, 9.17) is 9.47 Å². The summed E-state index contributed by atoms with van der Waals surface area (Å²) in [6.07, 6.45) is 7.93. The molecule has 0 saturated carbocycles. The van der Waals surface area contributed by atoms with Crippen LogP contribution in [0.25, 0.3) is 18.2 Å². The standard InChI is InChI=1S/C41H44N4O7S/c1-9-28-26(6)40(48)45-35(28)20-33-23(3)29(14-15-38(46)51-7)36(42-33)21-37-31(18-39(47)52-8)25(5)32(43-37)19-34-24(4)30(41(49)44-34)16-17-53(50)27-12-10-22(2)11-13-27/h9-13,19-21,42-43H,1,14-18H2,2-8H3,(H,45,48)/b32-19?,35-20-,37-21?. The van der Waals surface area contributed by atoms with Gasteiger partial charge in [0.25, 0.3) is 11.8 Å². The van der Waals surface area contributed by atoms with Crippen LogP contribution in [-0.4, -0.2) is 63.6 Å². The van der Waals surface area contributed by atoms with Gasteiger partial charge < -0.3 is 24.8 Å². The summed E-state index contributed by atoms with van der Waals surface area (Å²) < 4.78 is 22.9. The minimum Gasteiger partial charge on any atom is -0.469 e. The van der Waals surface area contributed by atoms with Crippen LogP contribution in [-0.2, 0) is 52.3 Å². The Labute approximate surface area is 310 Å². The number of amides is 2. The SMILES string of the molecule is C=CC1=C(C)C(=O)N/C1=C\c1[nH]c(C=c2[nH]c(=CC3=NC(=O)C(CCS(=O)c4ccc(C)cc4)=C3C)c(C)c2CC(=O)OC)c(CCC(=O)OC)c1C. The molecule has 0 radical (unpaired) electrons. The van der Waals surface area contributed by atoms with Crippen molar-refractivity contribution in [1.82, 2.24) is 15.3 Å². The molecule has 0 aliphatic carbocycles. The molecule has 3 N–H and O–H groups in total. The lowest BCUT2D eigenvalue weighted by atomic mass is 10.0. The van der Waals surface area contributed by atoms with Gasteiger partial charge in [-0.2, -0.15) is 0 Å². The number of ether oxygens (including phenoxy) is 2. The minimum absolute atomic E-state index is 0.0261. The van der Waals surface area contributed by atoms with Crippen LogP contribution in [0.2, 0.25) is 0 Å². The van der Waals surface area contributed by atoms with Gasteiger partial charge in [0.05, 0.1) is 42.8 Å². The van der Waals surface area contributed by atoms with Crippen LogP contribution in [0.1, 0.15) is 65.9 Å². The number of methoxy groups -OCH3 is 2. The van der Waals surface area contributed by atoms with E-state index in [2.05, 4.69) is 26.9 Å². The number of hydrogen-bond acceptors (Lipinski definition) is 7. The maximum absolute atomic E-state index is 13.0. The second-order valence-corrected chi connectivity index (χ2v) is 14.6. The summed E-state index contributed by atoms with van der Waals surface area (Å²) in [5.74, 6) is -1.06. The third-order valence-electron chi connectivity index (χ3n) is 9.74. The molecular weight excluding hydrogens is 693 g/mol. The molecule has 0 saturated heterocycles. The predicted molar refractivity (Wildman–Crippen MR) is 206 cm³/mol. The molecule has 2 aliphatic rings. The Hall–Kier alpha value is -5.62. The third kappa shape index (κ3) is 8.38. The van der Waals surface area contributed by atoms with Crippen molar-refractivity contribution in [2.75, 3.05) is 20.0 Å². The van der Waals surface area contributed by atoms with Crippen LogP contribution in [0, 0.1) is 20.8 Å². The number of rotatable bonds is 13. The third-order valence-corrected chi connectivity index (χ3v) is 11.1. The lowest BCUT2D eigenvalue weighted by molar-refractivity contribution is -0.141. The van der Waals surface area contributed by atoms with Gasteiger partial charge in [0.2, 0.25) is 0 Å². The molecule has 12 heteroatoms. The van der Waals surface area contributed by atoms with Crippen LogP contribution in [0.5, 0.6) is 0 Å². The minimum atomic E-state index is -1.27. The number of carbonyl (C=O) groups is 4. The first-order valence-electron chi connectivity index (χ1n) is 17.2. The van der Waals surface area contributed by atoms with Gasteiger partial charge in [0.15, 0.2) is 0 Å². The van der Waals surface area contributed by atoms with E-state index in [0.717, 1.165) is 27.9 Å². The summed E-state index contributed by atoms with van der Waals surface area (Å²) in [7, 11) is 1.40. The van der Waals surface area contributed by atoms with E-state index in [1.165, 1.54) is 14.2 Å². The Balaban J connectivity index is 1.57. The highest BCUT2D eigenvalue weighted by atomic mass is 32.2. The lowest BCUT2D eigenvalue weighted by Gasteiger charge is -2.04. The van der Waals surface area contributed by atoms with Crippen LogP contribution in [0.15, 0.2) is 74.8 Å². The van der Waals surface area contributed by atoms with Crippen LogP contribution < -0.4 is 16.0 Å². The quantitative estimate of drug-likeness (QED) is 0.222. The summed E-state index contributed by atoms with van der Waals surface area (Å²) >= 11 is 0. The van der Waals surface area contributed by atoms with Crippen LogP contribution in [0.4, 0.5) is 0 Å². The summed E-state index contributed by atoms with van der Waals surface area (Å²) in [5.41, 5.74) is 9.24. The molecule has 11 nitrogen and oxygen atoms in total. The number of hydrogen-bond donors (Lipinski definition) is 3. The highest BCUT2D eigenvalue weighted by Gasteiger charge is 2.25. The zero-order chi connectivity index (χ0) is 38.6. The second kappa shape index (κ2) is 16.4. The number of nitrogens with zero attached hydrogens (tertiary/aromatic N) is 1. The number of nitrogens with one attached hydrogen (secondary N) is 3. The first-order valence-corrected chi connectivity index (χ1v) is 18.5. The molecule has 53 heavy (non-hydrogen) atoms. The molecule has 2 amide bonds. The van der Waals surface area contributed by atoms with Gasteiger partial charge >= 0.3 is 11.9 Å². The molecule has 1 atom stereocenters. The fraction of sp³-hybridized carbons (Fsp3) is 0.293. The number of aromatic amines is 2. The van der Waals surface area contributed by atoms with E-state index in [-0.39, 0.29) is 36.4 Å². The van der Waals surface area contributed by atoms with Crippen LogP contribution >= 0.6 is 0 Å². The number of aryl methyl sites for hydroxylation is 1. The molecule has 2 aliphatic heterocycles. The number of aliphatic imine (C=N–C) groups is 1. The Kier molecular flexibility index (Phi) is 11.9. The molecule has 1 aromatic carbocycles. The van der Waals surface area contributed by atoms with E-state index < -0.39 is 16.8 Å². The van der Waals surface area contributed by atoms with Crippen molar-refractivity contribution in [3.05, 3.63) is 115 Å². The van der Waals surface area contributed by atoms with Gasteiger partial charge in [-0.05, 0) is 106 Å². The molecule has 0 bridgehead atoms. The van der Waals surface area contributed by atoms with Crippen molar-refractivity contribution in [3.8, 4) is 0 Å². The number of benzene rings is 1. The summed E-state index contributed by atoms with van der Waals surface area (Å²) in [4.78, 5) is 62.3. The number of H-pyrrole nitrogens is 2. The fourth-order valence-electron chi connectivity index (χ4n) is 6.41. The van der Waals surface area contributed by atoms with Crippen molar-refractivity contribution in [3.63, 3.8) is 0 Å². The number of aromatic nitrogens is 2. The van der Waals surface area contributed by atoms with Gasteiger partial charge in [-0.15, -0.1) is 0 Å². The smallest absolute Gasteiger partial charge is 0.310 e. The van der Waals surface area contributed by atoms with Crippen molar-refractivity contribution in [1.29, 1.82) is 0 Å². The highest BCUT2D eigenvalue weighted by Crippen LogP contribution is 2.28. The van der Waals surface area contributed by atoms with Crippen molar-refractivity contribution in [2.45, 2.75) is 65.2 Å². The van der Waals surface area contributed by atoms with Crippen molar-refractivity contribution < 1.29 is 32.9 Å². The number of allylic oxidation sites excluding steroid dienone is 2. The molecule has 2 aromatic heterocycles. The average molecular weight is 737 g/mol. The molecular formula is C41H44N4O7S. The van der Waals surface area contributed by atoms with Crippen molar-refractivity contribution in [2.24, 2.45) is 4.99 Å². The average Bonchev–Trinajstić information content (AvgIpc) is 3.78. The second-order valence-electron chi connectivity index (χ2n) is 13.0. The van der Waals surface area contributed by atoms with Gasteiger partial charge in [-0.1, -0.05) is 30.4 Å². The summed E-state index contributed by atoms with van der Waals surface area (Å²) in [5, 5.41) is 4.16.